The van der Waals surface area contributed by atoms with E-state index < -0.39 is 0 Å². The van der Waals surface area contributed by atoms with Gasteiger partial charge in [-0.25, -0.2) is 0 Å². The van der Waals surface area contributed by atoms with Crippen LogP contribution in [0.1, 0.15) is 21.5 Å². The molecule has 0 saturated heterocycles. The van der Waals surface area contributed by atoms with Crippen LogP contribution in [-0.4, -0.2) is 25.5 Å². The summed E-state index contributed by atoms with van der Waals surface area (Å²) in [6.45, 7) is 3.96. The van der Waals surface area contributed by atoms with Gasteiger partial charge in [-0.05, 0) is 61.4 Å². The lowest BCUT2D eigenvalue weighted by molar-refractivity contribution is -0.114. The van der Waals surface area contributed by atoms with Gasteiger partial charge in [0.25, 0.3) is 5.91 Å². The standard InChI is InChI=1S/C24H25N3O3/c1-16-9-12-22(30-3)21(13-16)27-23(28)15-25-20-14-19(11-10-17(20)2)26-24(29)18-7-5-4-6-8-18/h4-14,25H,15H2,1-3H3,(H,26,29)(H,27,28). The van der Waals surface area contributed by atoms with Gasteiger partial charge < -0.3 is 20.7 Å². The number of carbonyl (C=O) groups is 2. The van der Waals surface area contributed by atoms with E-state index in [0.29, 0.717) is 22.7 Å². The summed E-state index contributed by atoms with van der Waals surface area (Å²) in [6.07, 6.45) is 0. The first-order valence-corrected chi connectivity index (χ1v) is 9.61. The van der Waals surface area contributed by atoms with Crippen molar-refractivity contribution in [2.45, 2.75) is 13.8 Å². The van der Waals surface area contributed by atoms with Crippen molar-refractivity contribution in [2.24, 2.45) is 0 Å². The normalized spacial score (nSPS) is 10.2. The van der Waals surface area contributed by atoms with Crippen LogP contribution in [0, 0.1) is 13.8 Å². The second-order valence-corrected chi connectivity index (χ2v) is 6.96. The third-order valence-corrected chi connectivity index (χ3v) is 4.60. The number of methoxy groups -OCH3 is 1. The van der Waals surface area contributed by atoms with Crippen LogP contribution >= 0.6 is 0 Å². The van der Waals surface area contributed by atoms with Crippen molar-refractivity contribution >= 4 is 28.9 Å². The monoisotopic (exact) mass is 403 g/mol. The van der Waals surface area contributed by atoms with E-state index in [4.69, 9.17) is 4.74 Å². The van der Waals surface area contributed by atoms with Crippen LogP contribution in [0.3, 0.4) is 0 Å². The molecule has 0 spiro atoms. The van der Waals surface area contributed by atoms with Crippen molar-refractivity contribution in [2.75, 3.05) is 29.6 Å². The number of aryl methyl sites for hydroxylation is 2. The molecule has 0 aromatic heterocycles. The number of benzene rings is 3. The van der Waals surface area contributed by atoms with E-state index in [9.17, 15) is 9.59 Å². The average Bonchev–Trinajstić information content (AvgIpc) is 2.75. The highest BCUT2D eigenvalue weighted by molar-refractivity contribution is 6.04. The summed E-state index contributed by atoms with van der Waals surface area (Å²) in [7, 11) is 1.57. The quantitative estimate of drug-likeness (QED) is 0.538. The Morgan fingerprint density at radius 3 is 2.37 bits per heavy atom. The summed E-state index contributed by atoms with van der Waals surface area (Å²) in [6, 6.07) is 20.2. The Bertz CT molecular complexity index is 1050. The van der Waals surface area contributed by atoms with Gasteiger partial charge in [-0.2, -0.15) is 0 Å². The van der Waals surface area contributed by atoms with Crippen molar-refractivity contribution in [3.63, 3.8) is 0 Å². The van der Waals surface area contributed by atoms with Gasteiger partial charge in [0.15, 0.2) is 0 Å². The molecule has 0 aliphatic carbocycles. The van der Waals surface area contributed by atoms with E-state index in [0.717, 1.165) is 16.8 Å². The minimum absolute atomic E-state index is 0.0774. The molecule has 0 radical (unpaired) electrons. The topological polar surface area (TPSA) is 79.5 Å². The fourth-order valence-electron chi connectivity index (χ4n) is 2.97. The number of ether oxygens (including phenoxy) is 1. The molecule has 30 heavy (non-hydrogen) atoms. The van der Waals surface area contributed by atoms with E-state index in [-0.39, 0.29) is 18.4 Å². The molecular formula is C24H25N3O3. The summed E-state index contributed by atoms with van der Waals surface area (Å²) in [5, 5.41) is 8.88. The Morgan fingerprint density at radius 2 is 1.63 bits per heavy atom. The number of hydrogen-bond donors (Lipinski definition) is 3. The number of carbonyl (C=O) groups excluding carboxylic acids is 2. The first-order valence-electron chi connectivity index (χ1n) is 9.61. The molecule has 0 heterocycles. The van der Waals surface area contributed by atoms with Crippen molar-refractivity contribution in [3.8, 4) is 5.75 Å². The van der Waals surface area contributed by atoms with Gasteiger partial charge in [0, 0.05) is 16.9 Å². The fraction of sp³-hybridized carbons (Fsp3) is 0.167. The Morgan fingerprint density at radius 1 is 0.867 bits per heavy atom. The molecule has 0 saturated carbocycles. The lowest BCUT2D eigenvalue weighted by Crippen LogP contribution is -2.22. The fourth-order valence-corrected chi connectivity index (χ4v) is 2.97. The number of rotatable bonds is 7. The maximum atomic E-state index is 12.4. The van der Waals surface area contributed by atoms with E-state index in [1.807, 2.05) is 68.4 Å². The Balaban J connectivity index is 1.64. The summed E-state index contributed by atoms with van der Waals surface area (Å²) in [4.78, 5) is 24.8. The van der Waals surface area contributed by atoms with Crippen molar-refractivity contribution < 1.29 is 14.3 Å². The minimum Gasteiger partial charge on any atom is -0.495 e. The Labute approximate surface area is 176 Å². The molecule has 0 aliphatic heterocycles. The van der Waals surface area contributed by atoms with Crippen LogP contribution in [-0.2, 0) is 4.79 Å². The average molecular weight is 403 g/mol. The van der Waals surface area contributed by atoms with E-state index in [2.05, 4.69) is 16.0 Å². The van der Waals surface area contributed by atoms with Crippen molar-refractivity contribution in [1.29, 1.82) is 0 Å². The molecule has 3 aromatic carbocycles. The molecule has 0 fully saturated rings. The third-order valence-electron chi connectivity index (χ3n) is 4.60. The summed E-state index contributed by atoms with van der Waals surface area (Å²) >= 11 is 0. The predicted molar refractivity (Wildman–Crippen MR) is 120 cm³/mol. The van der Waals surface area contributed by atoms with Crippen LogP contribution < -0.4 is 20.7 Å². The summed E-state index contributed by atoms with van der Waals surface area (Å²) in [5.74, 6) is 0.225. The van der Waals surface area contributed by atoms with Gasteiger partial charge in [0.05, 0.1) is 19.3 Å². The maximum absolute atomic E-state index is 12.4. The molecule has 6 heteroatoms. The molecular weight excluding hydrogens is 378 g/mol. The summed E-state index contributed by atoms with van der Waals surface area (Å²) < 4.78 is 5.30. The van der Waals surface area contributed by atoms with E-state index in [1.54, 1.807) is 19.2 Å². The Kier molecular flexibility index (Phi) is 6.70. The zero-order valence-corrected chi connectivity index (χ0v) is 17.3. The van der Waals surface area contributed by atoms with Gasteiger partial charge in [0.2, 0.25) is 5.91 Å². The largest absolute Gasteiger partial charge is 0.495 e. The van der Waals surface area contributed by atoms with Crippen LogP contribution in [0.4, 0.5) is 17.1 Å². The van der Waals surface area contributed by atoms with Crippen molar-refractivity contribution in [1.82, 2.24) is 0 Å². The zero-order valence-electron chi connectivity index (χ0n) is 17.3. The number of nitrogens with one attached hydrogen (secondary N) is 3. The highest BCUT2D eigenvalue weighted by atomic mass is 16.5. The highest BCUT2D eigenvalue weighted by Crippen LogP contribution is 2.25. The molecule has 154 valence electrons. The molecule has 3 aromatic rings. The SMILES string of the molecule is COc1ccc(C)cc1NC(=O)CNc1cc(NC(=O)c2ccccc2)ccc1C. The second-order valence-electron chi connectivity index (χ2n) is 6.96. The predicted octanol–water partition coefficient (Wildman–Crippen LogP) is 4.61. The van der Waals surface area contributed by atoms with Crippen LogP contribution in [0.2, 0.25) is 0 Å². The molecule has 2 amide bonds. The molecule has 3 N–H and O–H groups in total. The van der Waals surface area contributed by atoms with E-state index in [1.165, 1.54) is 0 Å². The maximum Gasteiger partial charge on any atom is 0.255 e. The Hall–Kier alpha value is -3.80. The molecule has 0 atom stereocenters. The minimum atomic E-state index is -0.197. The van der Waals surface area contributed by atoms with E-state index >= 15 is 0 Å². The van der Waals surface area contributed by atoms with Gasteiger partial charge >= 0.3 is 0 Å². The smallest absolute Gasteiger partial charge is 0.255 e. The van der Waals surface area contributed by atoms with Crippen LogP contribution in [0.15, 0.2) is 66.7 Å². The van der Waals surface area contributed by atoms with Crippen LogP contribution in [0.5, 0.6) is 5.75 Å². The zero-order chi connectivity index (χ0) is 21.5. The number of amides is 2. The molecule has 3 rings (SSSR count). The van der Waals surface area contributed by atoms with Gasteiger partial charge in [0.1, 0.15) is 5.75 Å². The molecule has 0 bridgehead atoms. The molecule has 0 unspecified atom stereocenters. The summed E-state index contributed by atoms with van der Waals surface area (Å²) in [5.41, 5.74) is 4.62. The molecule has 6 nitrogen and oxygen atoms in total. The molecule has 0 aliphatic rings. The lowest BCUT2D eigenvalue weighted by Gasteiger charge is -2.14. The number of anilines is 3. The number of hydrogen-bond acceptors (Lipinski definition) is 4. The first kappa shape index (κ1) is 20.9. The second kappa shape index (κ2) is 9.60. The van der Waals surface area contributed by atoms with Gasteiger partial charge in [-0.15, -0.1) is 0 Å². The third kappa shape index (κ3) is 5.38. The van der Waals surface area contributed by atoms with Gasteiger partial charge in [-0.1, -0.05) is 30.3 Å². The highest BCUT2D eigenvalue weighted by Gasteiger charge is 2.10. The van der Waals surface area contributed by atoms with Crippen molar-refractivity contribution in [3.05, 3.63) is 83.4 Å². The first-order chi connectivity index (χ1) is 14.5. The van der Waals surface area contributed by atoms with Gasteiger partial charge in [-0.3, -0.25) is 9.59 Å². The lowest BCUT2D eigenvalue weighted by atomic mass is 10.1. The van der Waals surface area contributed by atoms with Crippen LogP contribution in [0.25, 0.3) is 0 Å².